The van der Waals surface area contributed by atoms with Gasteiger partial charge in [-0.1, -0.05) is 11.3 Å². The molecular formula is C14H17N5O4. The van der Waals surface area contributed by atoms with Crippen LogP contribution < -0.4 is 10.1 Å². The van der Waals surface area contributed by atoms with Crippen molar-refractivity contribution < 1.29 is 19.4 Å². The molecule has 0 aliphatic rings. The molecule has 0 saturated heterocycles. The molecule has 0 bridgehead atoms. The first-order valence-corrected chi connectivity index (χ1v) is 6.96. The fraction of sp³-hybridized carbons (Fsp3) is 0.357. The highest BCUT2D eigenvalue weighted by Crippen LogP contribution is 2.09. The van der Waals surface area contributed by atoms with Crippen LogP contribution in [0.15, 0.2) is 24.4 Å². The lowest BCUT2D eigenvalue weighted by Gasteiger charge is -2.09. The SMILES string of the molecule is CC(C)Oc1cccc(C(=O)NCc2cn(CC(=O)O)nn2)n1. The van der Waals surface area contributed by atoms with E-state index in [2.05, 4.69) is 20.6 Å². The van der Waals surface area contributed by atoms with E-state index in [0.29, 0.717) is 11.6 Å². The van der Waals surface area contributed by atoms with Gasteiger partial charge in [0.15, 0.2) is 0 Å². The van der Waals surface area contributed by atoms with Gasteiger partial charge in [-0.25, -0.2) is 9.67 Å². The third-order valence-electron chi connectivity index (χ3n) is 2.63. The molecule has 0 saturated carbocycles. The molecule has 0 aromatic carbocycles. The van der Waals surface area contributed by atoms with Crippen LogP contribution in [-0.2, 0) is 17.9 Å². The van der Waals surface area contributed by atoms with E-state index >= 15 is 0 Å². The number of aliphatic carboxylic acids is 1. The lowest BCUT2D eigenvalue weighted by atomic mass is 10.3. The number of rotatable bonds is 7. The number of amides is 1. The Morgan fingerprint density at radius 1 is 1.39 bits per heavy atom. The highest BCUT2D eigenvalue weighted by molar-refractivity contribution is 5.92. The van der Waals surface area contributed by atoms with Crippen molar-refractivity contribution >= 4 is 11.9 Å². The maximum absolute atomic E-state index is 12.1. The molecule has 0 aliphatic carbocycles. The first-order chi connectivity index (χ1) is 10.9. The summed E-state index contributed by atoms with van der Waals surface area (Å²) in [5, 5.41) is 18.7. The summed E-state index contributed by atoms with van der Waals surface area (Å²) in [6, 6.07) is 4.93. The van der Waals surface area contributed by atoms with Gasteiger partial charge in [-0.15, -0.1) is 5.10 Å². The molecule has 2 aromatic rings. The van der Waals surface area contributed by atoms with Crippen LogP contribution in [0.5, 0.6) is 5.88 Å². The van der Waals surface area contributed by atoms with Crippen LogP contribution in [-0.4, -0.2) is 43.1 Å². The number of ether oxygens (including phenoxy) is 1. The average molecular weight is 319 g/mol. The second-order valence-corrected chi connectivity index (χ2v) is 5.01. The summed E-state index contributed by atoms with van der Waals surface area (Å²) >= 11 is 0. The number of carboxylic acids is 1. The van der Waals surface area contributed by atoms with Crippen LogP contribution in [0.25, 0.3) is 0 Å². The molecule has 122 valence electrons. The van der Waals surface area contributed by atoms with Gasteiger partial charge in [0.2, 0.25) is 5.88 Å². The van der Waals surface area contributed by atoms with E-state index in [1.165, 1.54) is 10.9 Å². The number of carboxylic acid groups (broad SMARTS) is 1. The molecule has 0 aliphatic heterocycles. The maximum Gasteiger partial charge on any atom is 0.325 e. The average Bonchev–Trinajstić information content (AvgIpc) is 2.91. The fourth-order valence-corrected chi connectivity index (χ4v) is 1.75. The number of carbonyl (C=O) groups excluding carboxylic acids is 1. The molecule has 0 radical (unpaired) electrons. The fourth-order valence-electron chi connectivity index (χ4n) is 1.75. The Bertz CT molecular complexity index is 698. The van der Waals surface area contributed by atoms with Crippen LogP contribution in [0, 0.1) is 0 Å². The number of hydrogen-bond acceptors (Lipinski definition) is 6. The van der Waals surface area contributed by atoms with Gasteiger partial charge in [0.25, 0.3) is 5.91 Å². The van der Waals surface area contributed by atoms with Crippen molar-refractivity contribution in [3.8, 4) is 5.88 Å². The molecule has 9 heteroatoms. The molecular weight excluding hydrogens is 302 g/mol. The topological polar surface area (TPSA) is 119 Å². The van der Waals surface area contributed by atoms with E-state index < -0.39 is 5.97 Å². The van der Waals surface area contributed by atoms with E-state index in [1.807, 2.05) is 13.8 Å². The van der Waals surface area contributed by atoms with Gasteiger partial charge in [0.05, 0.1) is 18.8 Å². The Morgan fingerprint density at radius 3 is 2.87 bits per heavy atom. The summed E-state index contributed by atoms with van der Waals surface area (Å²) in [5.74, 6) is -1.02. The van der Waals surface area contributed by atoms with Crippen LogP contribution in [0.1, 0.15) is 30.0 Å². The highest BCUT2D eigenvalue weighted by atomic mass is 16.5. The third-order valence-corrected chi connectivity index (χ3v) is 2.63. The third kappa shape index (κ3) is 5.06. The van der Waals surface area contributed by atoms with Gasteiger partial charge in [-0.3, -0.25) is 9.59 Å². The van der Waals surface area contributed by atoms with E-state index in [1.54, 1.807) is 18.2 Å². The minimum Gasteiger partial charge on any atom is -0.480 e. The zero-order chi connectivity index (χ0) is 16.8. The molecule has 1 amide bonds. The Hall–Kier alpha value is -2.97. The summed E-state index contributed by atoms with van der Waals surface area (Å²) < 4.78 is 6.62. The standard InChI is InChI=1S/C14H17N5O4/c1-9(2)23-12-5-3-4-11(16-12)14(22)15-6-10-7-19(18-17-10)8-13(20)21/h3-5,7,9H,6,8H2,1-2H3,(H,15,22)(H,20,21). The Balaban J connectivity index is 1.94. The van der Waals surface area contributed by atoms with Crippen molar-refractivity contribution in [1.82, 2.24) is 25.3 Å². The predicted octanol–water partition coefficient (Wildman–Crippen LogP) is 0.475. The Kier molecular flexibility index (Phi) is 5.23. The molecule has 0 fully saturated rings. The van der Waals surface area contributed by atoms with Crippen molar-refractivity contribution in [2.24, 2.45) is 0 Å². The molecule has 0 spiro atoms. The van der Waals surface area contributed by atoms with Crippen molar-refractivity contribution in [2.75, 3.05) is 0 Å². The summed E-state index contributed by atoms with van der Waals surface area (Å²) in [4.78, 5) is 26.7. The number of nitrogens with zero attached hydrogens (tertiary/aromatic N) is 4. The molecule has 2 heterocycles. The number of carbonyl (C=O) groups is 2. The first kappa shape index (κ1) is 16.4. The van der Waals surface area contributed by atoms with E-state index in [9.17, 15) is 9.59 Å². The largest absolute Gasteiger partial charge is 0.480 e. The Morgan fingerprint density at radius 2 is 2.17 bits per heavy atom. The van der Waals surface area contributed by atoms with Crippen LogP contribution >= 0.6 is 0 Å². The predicted molar refractivity (Wildman–Crippen MR) is 78.8 cm³/mol. The summed E-state index contributed by atoms with van der Waals surface area (Å²) in [6.07, 6.45) is 1.42. The van der Waals surface area contributed by atoms with E-state index in [4.69, 9.17) is 9.84 Å². The van der Waals surface area contributed by atoms with Crippen molar-refractivity contribution in [3.05, 3.63) is 35.8 Å². The molecule has 2 N–H and O–H groups in total. The van der Waals surface area contributed by atoms with Gasteiger partial charge in [0, 0.05) is 6.07 Å². The summed E-state index contributed by atoms with van der Waals surface area (Å²) in [7, 11) is 0. The molecule has 2 aromatic heterocycles. The highest BCUT2D eigenvalue weighted by Gasteiger charge is 2.11. The summed E-state index contributed by atoms with van der Waals surface area (Å²) in [6.45, 7) is 3.58. The first-order valence-electron chi connectivity index (χ1n) is 6.96. The van der Waals surface area contributed by atoms with E-state index in [0.717, 1.165) is 0 Å². The lowest BCUT2D eigenvalue weighted by Crippen LogP contribution is -2.24. The summed E-state index contributed by atoms with van der Waals surface area (Å²) in [5.41, 5.74) is 0.676. The molecule has 0 unspecified atom stereocenters. The van der Waals surface area contributed by atoms with Crippen LogP contribution in [0.4, 0.5) is 0 Å². The molecule has 23 heavy (non-hydrogen) atoms. The van der Waals surface area contributed by atoms with Gasteiger partial charge >= 0.3 is 5.97 Å². The van der Waals surface area contributed by atoms with E-state index in [-0.39, 0.29) is 30.8 Å². The second kappa shape index (κ2) is 7.34. The van der Waals surface area contributed by atoms with Gasteiger partial charge in [-0.05, 0) is 19.9 Å². The lowest BCUT2D eigenvalue weighted by molar-refractivity contribution is -0.137. The monoisotopic (exact) mass is 319 g/mol. The zero-order valence-corrected chi connectivity index (χ0v) is 12.8. The van der Waals surface area contributed by atoms with Gasteiger partial charge < -0.3 is 15.2 Å². The van der Waals surface area contributed by atoms with Crippen LogP contribution in [0.2, 0.25) is 0 Å². The quantitative estimate of drug-likeness (QED) is 0.761. The second-order valence-electron chi connectivity index (χ2n) is 5.01. The van der Waals surface area contributed by atoms with Crippen molar-refractivity contribution in [1.29, 1.82) is 0 Å². The van der Waals surface area contributed by atoms with Gasteiger partial charge in [-0.2, -0.15) is 0 Å². The molecule has 2 rings (SSSR count). The number of aromatic nitrogens is 4. The zero-order valence-electron chi connectivity index (χ0n) is 12.8. The minimum atomic E-state index is -1.02. The number of pyridine rings is 1. The molecule has 0 atom stereocenters. The van der Waals surface area contributed by atoms with Crippen molar-refractivity contribution in [2.45, 2.75) is 33.0 Å². The maximum atomic E-state index is 12.1. The van der Waals surface area contributed by atoms with Gasteiger partial charge in [0.1, 0.15) is 17.9 Å². The normalized spacial score (nSPS) is 10.6. The minimum absolute atomic E-state index is 0.0370. The number of nitrogens with one attached hydrogen (secondary N) is 1. The van der Waals surface area contributed by atoms with Crippen LogP contribution in [0.3, 0.4) is 0 Å². The Labute approximate surface area is 132 Å². The number of hydrogen-bond donors (Lipinski definition) is 2. The smallest absolute Gasteiger partial charge is 0.325 e. The van der Waals surface area contributed by atoms with Crippen molar-refractivity contribution in [3.63, 3.8) is 0 Å². The molecule has 9 nitrogen and oxygen atoms in total.